The largest absolute Gasteiger partial charge is 0.481 e. The van der Waals surface area contributed by atoms with Gasteiger partial charge < -0.3 is 5.11 Å². The lowest BCUT2D eigenvalue weighted by Gasteiger charge is -1.99. The molecule has 0 amide bonds. The molecule has 1 N–H and O–H groups in total. The summed E-state index contributed by atoms with van der Waals surface area (Å²) in [6.07, 6.45) is -0.363. The second kappa shape index (κ2) is 5.27. The van der Waals surface area contributed by atoms with Crippen molar-refractivity contribution in [3.63, 3.8) is 0 Å². The van der Waals surface area contributed by atoms with Crippen molar-refractivity contribution in [1.29, 1.82) is 0 Å². The van der Waals surface area contributed by atoms with Crippen LogP contribution in [0.4, 0.5) is 5.69 Å². The molecule has 0 atom stereocenters. The van der Waals surface area contributed by atoms with Crippen molar-refractivity contribution >= 4 is 23.3 Å². The van der Waals surface area contributed by atoms with Crippen molar-refractivity contribution in [3.8, 4) is 11.8 Å². The van der Waals surface area contributed by atoms with E-state index >= 15 is 0 Å². The van der Waals surface area contributed by atoms with Gasteiger partial charge in [-0.15, -0.1) is 0 Å². The van der Waals surface area contributed by atoms with E-state index in [2.05, 4.69) is 16.8 Å². The van der Waals surface area contributed by atoms with Gasteiger partial charge in [0.05, 0.1) is 10.5 Å². The van der Waals surface area contributed by atoms with Gasteiger partial charge in [-0.2, -0.15) is 0 Å². The Morgan fingerprint density at radius 3 is 2.88 bits per heavy atom. The van der Waals surface area contributed by atoms with E-state index in [1.807, 2.05) is 0 Å². The van der Waals surface area contributed by atoms with E-state index in [-0.39, 0.29) is 28.5 Å². The third-order valence-corrected chi connectivity index (χ3v) is 2.09. The summed E-state index contributed by atoms with van der Waals surface area (Å²) in [7, 11) is 0. The molecule has 1 aromatic rings. The van der Waals surface area contributed by atoms with Gasteiger partial charge in [-0.05, 0) is 6.92 Å². The predicted molar refractivity (Wildman–Crippen MR) is 59.8 cm³/mol. The van der Waals surface area contributed by atoms with Crippen LogP contribution in [0.1, 0.15) is 17.7 Å². The molecule has 7 heteroatoms. The fraction of sp³-hybridized carbons (Fsp3) is 0.200. The summed E-state index contributed by atoms with van der Waals surface area (Å²) in [6, 6.07) is 1.18. The SMILES string of the molecule is Cc1nc(Cl)c(C#CCC(=O)O)cc1[N+](=O)[O-]. The van der Waals surface area contributed by atoms with E-state index < -0.39 is 10.9 Å². The zero-order chi connectivity index (χ0) is 13.0. The summed E-state index contributed by atoms with van der Waals surface area (Å²) in [5, 5.41) is 19.1. The molecule has 0 aliphatic rings. The predicted octanol–water partition coefficient (Wildman–Crippen LogP) is 1.78. The van der Waals surface area contributed by atoms with Crippen LogP contribution in [-0.4, -0.2) is 21.0 Å². The number of aliphatic carboxylic acids is 1. The summed E-state index contributed by atoms with van der Waals surface area (Å²) >= 11 is 5.74. The Morgan fingerprint density at radius 2 is 2.35 bits per heavy atom. The first-order valence-electron chi connectivity index (χ1n) is 4.44. The number of pyridine rings is 1. The molecule has 0 radical (unpaired) electrons. The molecule has 0 aliphatic carbocycles. The molecule has 88 valence electrons. The molecule has 0 saturated heterocycles. The number of carboxylic acids is 1. The van der Waals surface area contributed by atoms with Gasteiger partial charge >= 0.3 is 5.97 Å². The minimum Gasteiger partial charge on any atom is -0.481 e. The molecule has 6 nitrogen and oxygen atoms in total. The quantitative estimate of drug-likeness (QED) is 0.376. The van der Waals surface area contributed by atoms with Crippen LogP contribution < -0.4 is 0 Å². The molecule has 0 aliphatic heterocycles. The summed E-state index contributed by atoms with van der Waals surface area (Å²) in [6.45, 7) is 1.46. The number of nitro groups is 1. The fourth-order valence-electron chi connectivity index (χ4n) is 1.05. The van der Waals surface area contributed by atoms with Gasteiger partial charge in [-0.25, -0.2) is 4.98 Å². The number of hydrogen-bond donors (Lipinski definition) is 1. The van der Waals surface area contributed by atoms with E-state index in [1.54, 1.807) is 0 Å². The molecule has 1 heterocycles. The van der Waals surface area contributed by atoms with E-state index in [0.717, 1.165) is 0 Å². The summed E-state index contributed by atoms with van der Waals surface area (Å²) < 4.78 is 0. The smallest absolute Gasteiger partial charge is 0.315 e. The van der Waals surface area contributed by atoms with Crippen LogP contribution >= 0.6 is 11.6 Å². The number of nitrogens with zero attached hydrogens (tertiary/aromatic N) is 2. The van der Waals surface area contributed by atoms with E-state index in [1.165, 1.54) is 13.0 Å². The molecule has 0 fully saturated rings. The first-order chi connectivity index (χ1) is 7.91. The maximum atomic E-state index is 10.6. The van der Waals surface area contributed by atoms with Crippen molar-refractivity contribution in [2.45, 2.75) is 13.3 Å². The number of rotatable bonds is 2. The lowest BCUT2D eigenvalue weighted by molar-refractivity contribution is -0.385. The molecule has 1 rings (SSSR count). The maximum Gasteiger partial charge on any atom is 0.315 e. The molecule has 0 spiro atoms. The van der Waals surface area contributed by atoms with Crippen LogP contribution in [-0.2, 0) is 4.79 Å². The molecule has 0 unspecified atom stereocenters. The average molecular weight is 255 g/mol. The summed E-state index contributed by atoms with van der Waals surface area (Å²) in [5.41, 5.74) is 0.128. The number of carbonyl (C=O) groups is 1. The van der Waals surface area contributed by atoms with Crippen LogP contribution in [0.15, 0.2) is 6.07 Å². The second-order valence-corrected chi connectivity index (χ2v) is 3.42. The van der Waals surface area contributed by atoms with E-state index in [0.29, 0.717) is 0 Å². The minimum atomic E-state index is -1.08. The van der Waals surface area contributed by atoms with Crippen molar-refractivity contribution in [1.82, 2.24) is 4.98 Å². The van der Waals surface area contributed by atoms with Gasteiger partial charge in [0, 0.05) is 6.07 Å². The number of hydrogen-bond acceptors (Lipinski definition) is 4. The normalized spacial score (nSPS) is 9.29. The van der Waals surface area contributed by atoms with Gasteiger partial charge in [-0.3, -0.25) is 14.9 Å². The highest BCUT2D eigenvalue weighted by Gasteiger charge is 2.14. The highest BCUT2D eigenvalue weighted by Crippen LogP contribution is 2.22. The Morgan fingerprint density at radius 1 is 1.71 bits per heavy atom. The van der Waals surface area contributed by atoms with Crippen LogP contribution in [0, 0.1) is 28.9 Å². The molecule has 0 aromatic carbocycles. The number of aromatic nitrogens is 1. The minimum absolute atomic E-state index is 0.0194. The molecule has 0 saturated carbocycles. The maximum absolute atomic E-state index is 10.6. The van der Waals surface area contributed by atoms with Crippen LogP contribution in [0.5, 0.6) is 0 Å². The van der Waals surface area contributed by atoms with Crippen molar-refractivity contribution in [3.05, 3.63) is 32.6 Å². The van der Waals surface area contributed by atoms with Crippen LogP contribution in [0.25, 0.3) is 0 Å². The third-order valence-electron chi connectivity index (χ3n) is 1.80. The highest BCUT2D eigenvalue weighted by atomic mass is 35.5. The van der Waals surface area contributed by atoms with Crippen molar-refractivity contribution < 1.29 is 14.8 Å². The lowest BCUT2D eigenvalue weighted by Crippen LogP contribution is -1.97. The van der Waals surface area contributed by atoms with Crippen LogP contribution in [0.3, 0.4) is 0 Å². The highest BCUT2D eigenvalue weighted by molar-refractivity contribution is 6.30. The lowest BCUT2D eigenvalue weighted by atomic mass is 10.2. The number of aryl methyl sites for hydroxylation is 1. The Hall–Kier alpha value is -2.13. The number of carboxylic acid groups (broad SMARTS) is 1. The zero-order valence-electron chi connectivity index (χ0n) is 8.73. The Bertz CT molecular complexity index is 545. The average Bonchev–Trinajstić information content (AvgIpc) is 2.20. The Kier molecular flexibility index (Phi) is 4.01. The Balaban J connectivity index is 3.15. The van der Waals surface area contributed by atoms with Crippen LogP contribution in [0.2, 0.25) is 5.15 Å². The fourth-order valence-corrected chi connectivity index (χ4v) is 1.28. The van der Waals surface area contributed by atoms with Gasteiger partial charge in [0.1, 0.15) is 17.3 Å². The van der Waals surface area contributed by atoms with Gasteiger partial charge in [0.15, 0.2) is 0 Å². The summed E-state index contributed by atoms with van der Waals surface area (Å²) in [4.78, 5) is 24.1. The molecular formula is C10H7ClN2O4. The van der Waals surface area contributed by atoms with E-state index in [4.69, 9.17) is 16.7 Å². The molecule has 17 heavy (non-hydrogen) atoms. The number of halogens is 1. The monoisotopic (exact) mass is 254 g/mol. The Labute approximate surface area is 101 Å². The first-order valence-corrected chi connectivity index (χ1v) is 4.82. The third kappa shape index (κ3) is 3.43. The topological polar surface area (TPSA) is 93.3 Å². The first kappa shape index (κ1) is 12.9. The molecular weight excluding hydrogens is 248 g/mol. The van der Waals surface area contributed by atoms with Crippen molar-refractivity contribution in [2.24, 2.45) is 0 Å². The summed E-state index contributed by atoms with van der Waals surface area (Å²) in [5.74, 6) is 3.69. The van der Waals surface area contributed by atoms with Gasteiger partial charge in [0.2, 0.25) is 0 Å². The van der Waals surface area contributed by atoms with Gasteiger partial charge in [0.25, 0.3) is 5.69 Å². The standard InChI is InChI=1S/C10H7ClN2O4/c1-6-8(13(16)17)5-7(10(11)12-6)3-2-4-9(14)15/h5H,4H2,1H3,(H,14,15). The zero-order valence-corrected chi connectivity index (χ0v) is 9.48. The van der Waals surface area contributed by atoms with Gasteiger partial charge in [-0.1, -0.05) is 23.4 Å². The molecule has 0 bridgehead atoms. The second-order valence-electron chi connectivity index (χ2n) is 3.06. The van der Waals surface area contributed by atoms with E-state index in [9.17, 15) is 14.9 Å². The molecule has 1 aromatic heterocycles. The van der Waals surface area contributed by atoms with Crippen molar-refractivity contribution in [2.75, 3.05) is 0 Å².